The van der Waals surface area contributed by atoms with Gasteiger partial charge >= 0.3 is 103 Å². The molecule has 0 aliphatic heterocycles. The van der Waals surface area contributed by atoms with Gasteiger partial charge < -0.3 is 24.8 Å². The Kier molecular flexibility index (Phi) is 13.9. The molecule has 180 valence electrons. The molecule has 4 aliphatic rings. The first kappa shape index (κ1) is 29.5. The van der Waals surface area contributed by atoms with Crippen molar-refractivity contribution in [2.75, 3.05) is 0 Å². The number of allylic oxidation sites excluding steroid dienone is 4. The molecule has 3 heteroatoms. The van der Waals surface area contributed by atoms with Crippen LogP contribution in [0.5, 0.6) is 0 Å². The molecule has 0 amide bonds. The molecule has 2 aromatic carbocycles. The number of hydrogen-bond acceptors (Lipinski definition) is 0. The van der Waals surface area contributed by atoms with Crippen molar-refractivity contribution >= 4 is 3.21 Å². The molecule has 0 bridgehead atoms. The maximum Gasteiger partial charge on any atom is -0.0253 e. The molecular formula is C31H36Cl2Zr-2. The van der Waals surface area contributed by atoms with Crippen molar-refractivity contribution in [2.24, 2.45) is 11.8 Å². The number of halogens is 2. The van der Waals surface area contributed by atoms with Gasteiger partial charge in [-0.05, 0) is 6.42 Å². The van der Waals surface area contributed by atoms with Gasteiger partial charge in [0.25, 0.3) is 0 Å². The summed E-state index contributed by atoms with van der Waals surface area (Å²) >= 11 is 1.74. The van der Waals surface area contributed by atoms with Crippen LogP contribution in [0.25, 0.3) is 11.1 Å². The van der Waals surface area contributed by atoms with Gasteiger partial charge in [-0.15, -0.1) is 12.0 Å². The van der Waals surface area contributed by atoms with Crippen molar-refractivity contribution in [3.8, 4) is 11.1 Å². The van der Waals surface area contributed by atoms with Crippen molar-refractivity contribution in [1.29, 1.82) is 0 Å². The third-order valence-corrected chi connectivity index (χ3v) is 8.23. The summed E-state index contributed by atoms with van der Waals surface area (Å²) in [5.41, 5.74) is 5.51. The van der Waals surface area contributed by atoms with Crippen LogP contribution >= 0.6 is 0 Å². The van der Waals surface area contributed by atoms with Crippen LogP contribution in [0, 0.1) is 24.0 Å². The van der Waals surface area contributed by atoms with Crippen LogP contribution in [0.2, 0.25) is 0 Å². The van der Waals surface area contributed by atoms with E-state index < -0.39 is 0 Å². The quantitative estimate of drug-likeness (QED) is 0.423. The smallest absolute Gasteiger partial charge is 0.0253 e. The van der Waals surface area contributed by atoms with Crippen LogP contribution in [-0.2, 0) is 30.7 Å². The van der Waals surface area contributed by atoms with Gasteiger partial charge in [0, 0.05) is 0 Å². The molecule has 0 heterocycles. The molecule has 0 saturated heterocycles. The van der Waals surface area contributed by atoms with Gasteiger partial charge in [0.05, 0.1) is 0 Å². The Morgan fingerprint density at radius 1 is 0.824 bits per heavy atom. The minimum atomic E-state index is 0. The van der Waals surface area contributed by atoms with E-state index in [0.29, 0.717) is 0 Å². The molecule has 0 unspecified atom stereocenters. The van der Waals surface area contributed by atoms with E-state index in [-0.39, 0.29) is 24.8 Å². The largest absolute Gasteiger partial charge is 0.179 e. The molecule has 0 aromatic heterocycles. The molecule has 2 fully saturated rings. The van der Waals surface area contributed by atoms with E-state index in [4.69, 9.17) is 0 Å². The Morgan fingerprint density at radius 3 is 2.00 bits per heavy atom. The van der Waals surface area contributed by atoms with E-state index in [2.05, 4.69) is 54.6 Å². The average Bonchev–Trinajstić information content (AvgIpc) is 3.63. The molecule has 2 saturated carbocycles. The molecule has 0 spiro atoms. The number of hydrogen-bond donors (Lipinski definition) is 0. The van der Waals surface area contributed by atoms with Crippen LogP contribution in [0.4, 0.5) is 0 Å². The second-order valence-corrected chi connectivity index (χ2v) is 11.5. The fourth-order valence-electron chi connectivity index (χ4n) is 5.55. The minimum Gasteiger partial charge on any atom is -0.179 e. The van der Waals surface area contributed by atoms with Crippen LogP contribution in [0.3, 0.4) is 0 Å². The Labute approximate surface area is 234 Å². The summed E-state index contributed by atoms with van der Waals surface area (Å²) in [6.45, 7) is 0. The first-order chi connectivity index (χ1) is 15.8. The maximum absolute atomic E-state index is 3.30. The zero-order valence-electron chi connectivity index (χ0n) is 20.2. The predicted octanol–water partition coefficient (Wildman–Crippen LogP) is 2.24. The van der Waals surface area contributed by atoms with Crippen molar-refractivity contribution in [3.05, 3.63) is 84.0 Å². The van der Waals surface area contributed by atoms with E-state index in [0.717, 1.165) is 24.7 Å². The van der Waals surface area contributed by atoms with Gasteiger partial charge in [-0.2, -0.15) is 35.9 Å². The second kappa shape index (κ2) is 16.1. The van der Waals surface area contributed by atoms with Gasteiger partial charge in [0.1, 0.15) is 0 Å². The zero-order valence-corrected chi connectivity index (χ0v) is 24.1. The summed E-state index contributed by atoms with van der Waals surface area (Å²) in [6, 6.07) is 18.1. The molecular weight excluding hydrogens is 534 g/mol. The third kappa shape index (κ3) is 9.04. The normalized spacial score (nSPS) is 17.5. The van der Waals surface area contributed by atoms with E-state index in [1.807, 2.05) is 21.4 Å². The predicted molar refractivity (Wildman–Crippen MR) is 133 cm³/mol. The minimum absolute atomic E-state index is 0. The molecule has 0 atom stereocenters. The van der Waals surface area contributed by atoms with Gasteiger partial charge in [-0.25, -0.2) is 12.2 Å². The van der Waals surface area contributed by atoms with Crippen LogP contribution < -0.4 is 24.8 Å². The van der Waals surface area contributed by atoms with Crippen molar-refractivity contribution in [1.82, 2.24) is 0 Å². The van der Waals surface area contributed by atoms with Crippen molar-refractivity contribution in [2.45, 2.75) is 77.0 Å². The molecule has 0 nitrogen and oxygen atoms in total. The van der Waals surface area contributed by atoms with E-state index >= 15 is 0 Å². The first-order valence-corrected chi connectivity index (χ1v) is 13.9. The molecule has 0 radical (unpaired) electrons. The zero-order chi connectivity index (χ0) is 22.0. The van der Waals surface area contributed by atoms with Gasteiger partial charge in [0.15, 0.2) is 0 Å². The Balaban J connectivity index is 0.000000191. The Bertz CT molecular complexity index is 860. The molecule has 34 heavy (non-hydrogen) atoms. The summed E-state index contributed by atoms with van der Waals surface area (Å²) in [5.74, 6) is 2.18. The van der Waals surface area contributed by atoms with Crippen molar-refractivity contribution < 1.29 is 49.0 Å². The van der Waals surface area contributed by atoms with Crippen LogP contribution in [0.15, 0.2) is 60.7 Å². The molecule has 2 aromatic rings. The molecule has 0 N–H and O–H groups in total. The Morgan fingerprint density at radius 2 is 1.44 bits per heavy atom. The molecule has 4 aliphatic carbocycles. The van der Waals surface area contributed by atoms with E-state index in [9.17, 15) is 0 Å². The summed E-state index contributed by atoms with van der Waals surface area (Å²) in [6.07, 6.45) is 26.2. The summed E-state index contributed by atoms with van der Waals surface area (Å²) < 4.78 is 1.90. The van der Waals surface area contributed by atoms with Crippen molar-refractivity contribution in [3.63, 3.8) is 0 Å². The number of benzene rings is 2. The summed E-state index contributed by atoms with van der Waals surface area (Å²) in [4.78, 5) is 0. The second-order valence-electron chi connectivity index (χ2n) is 9.71. The molecule has 6 rings (SSSR count). The maximum atomic E-state index is 3.30. The SMILES string of the molecule is [C-]1=CC=CC1.[Cl-].[Cl-].[Zr+2]=[C](CC1CCCC1)CC1CCCC1.[c-]1cccc2c1Cc1ccccc1-2. The average molecular weight is 571 g/mol. The monoisotopic (exact) mass is 568 g/mol. The summed E-state index contributed by atoms with van der Waals surface area (Å²) in [7, 11) is 0. The fraction of sp³-hybridized carbons (Fsp3) is 0.452. The van der Waals surface area contributed by atoms with Gasteiger partial charge in [-0.1, -0.05) is 35.4 Å². The Hall–Kier alpha value is -0.747. The number of fused-ring (bicyclic) bond motifs is 3. The van der Waals surface area contributed by atoms with Gasteiger partial charge in [0.2, 0.25) is 0 Å². The van der Waals surface area contributed by atoms with Crippen LogP contribution in [0.1, 0.15) is 81.8 Å². The topological polar surface area (TPSA) is 0 Å². The van der Waals surface area contributed by atoms with Gasteiger partial charge in [-0.3, -0.25) is 6.08 Å². The first-order valence-electron chi connectivity index (χ1n) is 12.7. The van der Waals surface area contributed by atoms with E-state index in [1.54, 1.807) is 24.2 Å². The summed E-state index contributed by atoms with van der Waals surface area (Å²) in [5, 5.41) is 0. The standard InChI is InChI=1S/C13H9.C13H22.C5H5.2ClH.Zr/c1-3-7-12-10(5-1)9-11-6-2-4-8-13(11)12;1-2-7-12(6-1)10-5-11-13-8-3-4-9-13;1-2-4-5-3-1;;;/h1-5,7-8H,9H2;12-13H,1-4,6-11H2;1-3H,4H2;2*1H;/q-1;;-1;;;+2/p-2. The third-order valence-electron chi connectivity index (χ3n) is 7.22. The van der Waals surface area contributed by atoms with E-state index in [1.165, 1.54) is 86.5 Å². The number of rotatable bonds is 4. The van der Waals surface area contributed by atoms with Crippen LogP contribution in [-0.4, -0.2) is 3.21 Å². The fourth-order valence-corrected chi connectivity index (χ4v) is 6.97.